The molecule has 2 heteroatoms. The summed E-state index contributed by atoms with van der Waals surface area (Å²) in [6.45, 7) is 31.4. The molecule has 1 aromatic carbocycles. The molecule has 2 nitrogen and oxygen atoms in total. The molecule has 2 saturated carbocycles. The van der Waals surface area contributed by atoms with Gasteiger partial charge in [0.15, 0.2) is 0 Å². The maximum absolute atomic E-state index is 14.9. The molecule has 0 saturated heterocycles. The maximum Gasteiger partial charge on any atom is 0.140 e. The van der Waals surface area contributed by atoms with Crippen LogP contribution in [0.1, 0.15) is 104 Å². The lowest BCUT2D eigenvalue weighted by atomic mass is 9.71. The number of fused-ring (bicyclic) bond motifs is 2. The van der Waals surface area contributed by atoms with Crippen LogP contribution in [0, 0.1) is 46.8 Å². The van der Waals surface area contributed by atoms with Crippen molar-refractivity contribution >= 4 is 5.78 Å². The number of Topliss-reactive ketones (excluding diaryl/α,β-unsaturated/α-hetero) is 1. The molecule has 0 spiro atoms. The number of carbonyl (C=O) groups excluding carboxylic acids is 1. The minimum absolute atomic E-state index is 0.0294. The first-order valence-electron chi connectivity index (χ1n) is 17.1. The zero-order valence-electron chi connectivity index (χ0n) is 27.7. The van der Waals surface area contributed by atoms with Gasteiger partial charge in [-0.15, -0.1) is 0 Å². The Kier molecular flexibility index (Phi) is 10.5. The molecule has 1 aromatic rings. The average molecular weight is 570 g/mol. The third-order valence-electron chi connectivity index (χ3n) is 12.0. The van der Waals surface area contributed by atoms with Crippen LogP contribution in [0.25, 0.3) is 0 Å². The quantitative estimate of drug-likeness (QED) is 0.149. The molecule has 0 aliphatic heterocycles. The van der Waals surface area contributed by atoms with Gasteiger partial charge in [-0.2, -0.15) is 0 Å². The second kappa shape index (κ2) is 13.5. The van der Waals surface area contributed by atoms with Gasteiger partial charge in [-0.3, -0.25) is 4.79 Å². The number of allylic oxidation sites excluding steroid dienone is 2. The Morgan fingerprint density at radius 3 is 2.14 bits per heavy atom. The number of hydrogen-bond donors (Lipinski definition) is 1. The summed E-state index contributed by atoms with van der Waals surface area (Å²) in [4.78, 5) is 14.9. The van der Waals surface area contributed by atoms with Crippen molar-refractivity contribution in [2.45, 2.75) is 112 Å². The van der Waals surface area contributed by atoms with E-state index in [0.717, 1.165) is 68.2 Å². The van der Waals surface area contributed by atoms with Crippen molar-refractivity contribution in [1.82, 2.24) is 5.32 Å². The van der Waals surface area contributed by atoms with Crippen molar-refractivity contribution in [3.05, 3.63) is 84.1 Å². The van der Waals surface area contributed by atoms with Crippen molar-refractivity contribution in [1.29, 1.82) is 0 Å². The van der Waals surface area contributed by atoms with Gasteiger partial charge >= 0.3 is 0 Å². The van der Waals surface area contributed by atoms with E-state index in [1.807, 2.05) is 6.92 Å². The average Bonchev–Trinajstić information content (AvgIpc) is 3.31. The zero-order valence-corrected chi connectivity index (χ0v) is 27.7. The van der Waals surface area contributed by atoms with Crippen molar-refractivity contribution in [3.8, 4) is 0 Å². The molecule has 0 heterocycles. The zero-order chi connectivity index (χ0) is 30.8. The molecular formula is C40H59NO. The van der Waals surface area contributed by atoms with Crippen LogP contribution in [0.3, 0.4) is 0 Å². The van der Waals surface area contributed by atoms with Crippen LogP contribution >= 0.6 is 0 Å². The van der Waals surface area contributed by atoms with E-state index in [1.165, 1.54) is 29.5 Å². The molecule has 3 aliphatic carbocycles. The predicted molar refractivity (Wildman–Crippen MR) is 180 cm³/mol. The van der Waals surface area contributed by atoms with Crippen LogP contribution in [-0.4, -0.2) is 11.8 Å². The Bertz CT molecular complexity index is 1160. The summed E-state index contributed by atoms with van der Waals surface area (Å²) in [5.41, 5.74) is 7.59. The molecule has 230 valence electrons. The molecule has 7 unspecified atom stereocenters. The molecular weight excluding hydrogens is 510 g/mol. The maximum atomic E-state index is 14.9. The van der Waals surface area contributed by atoms with E-state index in [4.69, 9.17) is 0 Å². The van der Waals surface area contributed by atoms with Crippen LogP contribution in [0.15, 0.2) is 73.0 Å². The topological polar surface area (TPSA) is 29.1 Å². The largest absolute Gasteiger partial charge is 0.382 e. The van der Waals surface area contributed by atoms with Crippen molar-refractivity contribution < 1.29 is 4.79 Å². The van der Waals surface area contributed by atoms with Gasteiger partial charge in [-0.25, -0.2) is 0 Å². The molecule has 0 bridgehead atoms. The third-order valence-corrected chi connectivity index (χ3v) is 12.0. The number of rotatable bonds is 17. The Hall–Kier alpha value is -2.35. The normalized spacial score (nSPS) is 27.7. The highest BCUT2D eigenvalue weighted by atomic mass is 16.1. The van der Waals surface area contributed by atoms with Crippen molar-refractivity contribution in [3.63, 3.8) is 0 Å². The SMILES string of the molecule is C=C(CC(CC)CC)CC(C(=O)C1CC2C(C1C(=C)NC(CCC)C(=C)C(=C)C)C2(C)CC)C1Cc2ccccc2C1. The minimum Gasteiger partial charge on any atom is -0.382 e. The number of carbonyl (C=O) groups is 1. The lowest BCUT2D eigenvalue weighted by Crippen LogP contribution is -2.40. The molecule has 2 fully saturated rings. The number of nitrogens with one attached hydrogen (secondary N) is 1. The molecule has 3 aliphatic rings. The van der Waals surface area contributed by atoms with Crippen LogP contribution in [0.4, 0.5) is 0 Å². The fraction of sp³-hybridized carbons (Fsp3) is 0.625. The van der Waals surface area contributed by atoms with E-state index < -0.39 is 0 Å². The molecule has 42 heavy (non-hydrogen) atoms. The Balaban J connectivity index is 1.61. The van der Waals surface area contributed by atoms with Crippen LogP contribution in [-0.2, 0) is 17.6 Å². The first kappa shape index (κ1) is 32.6. The van der Waals surface area contributed by atoms with Crippen molar-refractivity contribution in [2.24, 2.45) is 46.8 Å². The molecule has 1 N–H and O–H groups in total. The predicted octanol–water partition coefficient (Wildman–Crippen LogP) is 10.1. The molecule has 4 rings (SSSR count). The lowest BCUT2D eigenvalue weighted by Gasteiger charge is -2.35. The molecule has 0 amide bonds. The van der Waals surface area contributed by atoms with E-state index in [-0.39, 0.29) is 23.8 Å². The second-order valence-corrected chi connectivity index (χ2v) is 14.5. The first-order chi connectivity index (χ1) is 20.0. The van der Waals surface area contributed by atoms with Gasteiger partial charge in [-0.1, -0.05) is 122 Å². The third kappa shape index (κ3) is 6.44. The summed E-state index contributed by atoms with van der Waals surface area (Å²) >= 11 is 0. The van der Waals surface area contributed by atoms with Crippen LogP contribution in [0.2, 0.25) is 0 Å². The van der Waals surface area contributed by atoms with Crippen molar-refractivity contribution in [2.75, 3.05) is 0 Å². The number of hydrogen-bond acceptors (Lipinski definition) is 2. The number of benzene rings is 1. The summed E-state index contributed by atoms with van der Waals surface area (Å²) in [6.07, 6.45) is 10.5. The Labute approximate surface area is 258 Å². The van der Waals surface area contributed by atoms with Crippen LogP contribution < -0.4 is 5.32 Å². The standard InChI is InChI=1S/C40H59NO/c1-11-17-36(27(8)25(5)6)41-28(9)37-34(24-35-38(37)40(35,10)14-4)39(42)33(21-26(7)20-29(12-2)13-3)32-22-30-18-15-16-19-31(30)23-32/h15-16,18-19,29,32-38,41H,5,7-9,11-14,17,20-24H2,1-4,6,10H3. The summed E-state index contributed by atoms with van der Waals surface area (Å²) < 4.78 is 0. The van der Waals surface area contributed by atoms with Gasteiger partial charge in [0, 0.05) is 23.5 Å². The Morgan fingerprint density at radius 1 is 1.00 bits per heavy atom. The fourth-order valence-corrected chi connectivity index (χ4v) is 8.97. The van der Waals surface area contributed by atoms with E-state index >= 15 is 0 Å². The van der Waals surface area contributed by atoms with E-state index in [2.05, 4.69) is 90.5 Å². The monoisotopic (exact) mass is 569 g/mol. The van der Waals surface area contributed by atoms with E-state index in [1.54, 1.807) is 0 Å². The highest BCUT2D eigenvalue weighted by Crippen LogP contribution is 2.73. The molecule has 0 radical (unpaired) electrons. The van der Waals surface area contributed by atoms with Crippen LogP contribution in [0.5, 0.6) is 0 Å². The highest BCUT2D eigenvalue weighted by Gasteiger charge is 2.70. The summed E-state index contributed by atoms with van der Waals surface area (Å²) in [5.74, 6) is 2.91. The Morgan fingerprint density at radius 2 is 1.62 bits per heavy atom. The van der Waals surface area contributed by atoms with Gasteiger partial charge in [0.25, 0.3) is 0 Å². The summed E-state index contributed by atoms with van der Waals surface area (Å²) in [6, 6.07) is 8.96. The lowest BCUT2D eigenvalue weighted by molar-refractivity contribution is -0.130. The number of ketones is 1. The van der Waals surface area contributed by atoms with E-state index in [9.17, 15) is 4.79 Å². The van der Waals surface area contributed by atoms with Gasteiger partial charge in [0.2, 0.25) is 0 Å². The smallest absolute Gasteiger partial charge is 0.140 e. The van der Waals surface area contributed by atoms with E-state index in [0.29, 0.717) is 34.9 Å². The summed E-state index contributed by atoms with van der Waals surface area (Å²) in [7, 11) is 0. The van der Waals surface area contributed by atoms with Gasteiger partial charge < -0.3 is 5.32 Å². The summed E-state index contributed by atoms with van der Waals surface area (Å²) in [5, 5.41) is 3.82. The van der Waals surface area contributed by atoms with Gasteiger partial charge in [0.1, 0.15) is 5.78 Å². The highest BCUT2D eigenvalue weighted by molar-refractivity contribution is 5.85. The minimum atomic E-state index is 0.0294. The van der Waals surface area contributed by atoms with Gasteiger partial charge in [-0.05, 0) is 91.2 Å². The first-order valence-corrected chi connectivity index (χ1v) is 17.1. The second-order valence-electron chi connectivity index (χ2n) is 14.5. The molecule has 0 aromatic heterocycles. The van der Waals surface area contributed by atoms with Gasteiger partial charge in [0.05, 0.1) is 6.04 Å². The fourth-order valence-electron chi connectivity index (χ4n) is 8.97. The molecule has 7 atom stereocenters.